The first-order chi connectivity index (χ1) is 7.81. The van der Waals surface area contributed by atoms with E-state index in [4.69, 9.17) is 10.7 Å². The van der Waals surface area contributed by atoms with E-state index in [1.165, 1.54) is 6.07 Å². The van der Waals surface area contributed by atoms with Crippen molar-refractivity contribution in [2.24, 2.45) is 0 Å². The van der Waals surface area contributed by atoms with Gasteiger partial charge in [0.2, 0.25) is 0 Å². The number of phenols is 1. The first-order valence-electron chi connectivity index (χ1n) is 4.70. The zero-order valence-electron chi connectivity index (χ0n) is 9.23. The third-order valence-electron chi connectivity index (χ3n) is 2.23. The van der Waals surface area contributed by atoms with E-state index in [9.17, 15) is 18.3 Å². The number of esters is 1. The van der Waals surface area contributed by atoms with E-state index in [0.29, 0.717) is 12.0 Å². The second-order valence-corrected chi connectivity index (χ2v) is 5.79. The average Bonchev–Trinajstić information content (AvgIpc) is 2.25. The van der Waals surface area contributed by atoms with Crippen LogP contribution in [0.1, 0.15) is 22.8 Å². The zero-order chi connectivity index (χ0) is 13.2. The van der Waals surface area contributed by atoms with E-state index in [2.05, 4.69) is 4.74 Å². The van der Waals surface area contributed by atoms with Crippen LogP contribution in [0.4, 0.5) is 0 Å². The molecular formula is C10H11ClO5S. The minimum Gasteiger partial charge on any atom is -0.507 e. The number of methoxy groups -OCH3 is 1. The van der Waals surface area contributed by atoms with Crippen LogP contribution in [0.2, 0.25) is 0 Å². The van der Waals surface area contributed by atoms with E-state index >= 15 is 0 Å². The van der Waals surface area contributed by atoms with Gasteiger partial charge in [-0.25, -0.2) is 13.2 Å². The van der Waals surface area contributed by atoms with Gasteiger partial charge < -0.3 is 9.84 Å². The quantitative estimate of drug-likeness (QED) is 0.672. The highest BCUT2D eigenvalue weighted by Crippen LogP contribution is 2.28. The Morgan fingerprint density at radius 2 is 2.06 bits per heavy atom. The summed E-state index contributed by atoms with van der Waals surface area (Å²) in [6.07, 6.45) is 0.357. The Hall–Kier alpha value is -1.27. The van der Waals surface area contributed by atoms with Gasteiger partial charge in [0.1, 0.15) is 11.3 Å². The van der Waals surface area contributed by atoms with Crippen molar-refractivity contribution in [2.75, 3.05) is 7.11 Å². The number of aromatic hydroxyl groups is 1. The minimum absolute atomic E-state index is 0.195. The maximum atomic E-state index is 11.3. The van der Waals surface area contributed by atoms with Crippen LogP contribution in [-0.4, -0.2) is 26.6 Å². The van der Waals surface area contributed by atoms with Gasteiger partial charge in [-0.1, -0.05) is 6.92 Å². The zero-order valence-corrected chi connectivity index (χ0v) is 10.8. The smallest absolute Gasteiger partial charge is 0.341 e. The molecule has 0 aliphatic rings. The van der Waals surface area contributed by atoms with Crippen molar-refractivity contribution in [3.05, 3.63) is 23.3 Å². The van der Waals surface area contributed by atoms with E-state index in [1.807, 2.05) is 0 Å². The molecule has 0 unspecified atom stereocenters. The highest BCUT2D eigenvalue weighted by Gasteiger charge is 2.21. The monoisotopic (exact) mass is 278 g/mol. The van der Waals surface area contributed by atoms with E-state index in [0.717, 1.165) is 13.2 Å². The van der Waals surface area contributed by atoms with Crippen molar-refractivity contribution in [2.45, 2.75) is 18.2 Å². The molecule has 1 N–H and O–H groups in total. The number of halogens is 1. The third kappa shape index (κ3) is 2.89. The lowest BCUT2D eigenvalue weighted by molar-refractivity contribution is 0.0597. The SMILES string of the molecule is CCc1cc(O)c(C(=O)OC)cc1S(=O)(=O)Cl. The highest BCUT2D eigenvalue weighted by atomic mass is 35.7. The number of ether oxygens (including phenoxy) is 1. The van der Waals surface area contributed by atoms with Crippen LogP contribution in [0.15, 0.2) is 17.0 Å². The van der Waals surface area contributed by atoms with E-state index in [-0.39, 0.29) is 16.2 Å². The van der Waals surface area contributed by atoms with Gasteiger partial charge in [0, 0.05) is 10.7 Å². The maximum Gasteiger partial charge on any atom is 0.341 e. The number of benzene rings is 1. The fraction of sp³-hybridized carbons (Fsp3) is 0.300. The molecule has 1 rings (SSSR count). The van der Waals surface area contributed by atoms with Crippen LogP contribution in [-0.2, 0) is 20.2 Å². The molecule has 0 saturated carbocycles. The molecule has 1 aromatic rings. The molecule has 0 amide bonds. The Morgan fingerprint density at radius 1 is 1.47 bits per heavy atom. The Bertz CT molecular complexity index is 550. The fourth-order valence-corrected chi connectivity index (χ4v) is 2.59. The summed E-state index contributed by atoms with van der Waals surface area (Å²) in [6.45, 7) is 1.71. The van der Waals surface area contributed by atoms with Crippen LogP contribution < -0.4 is 0 Å². The lowest BCUT2D eigenvalue weighted by Gasteiger charge is -2.09. The van der Waals surface area contributed by atoms with Gasteiger partial charge in [0.05, 0.1) is 12.0 Å². The van der Waals surface area contributed by atoms with Crippen LogP contribution >= 0.6 is 10.7 Å². The molecule has 5 nitrogen and oxygen atoms in total. The molecular weight excluding hydrogens is 268 g/mol. The number of hydrogen-bond acceptors (Lipinski definition) is 5. The first kappa shape index (κ1) is 13.8. The molecule has 0 aliphatic carbocycles. The van der Waals surface area contributed by atoms with Crippen molar-refractivity contribution in [1.82, 2.24) is 0 Å². The number of aryl methyl sites for hydroxylation is 1. The van der Waals surface area contributed by atoms with Gasteiger partial charge in [0.15, 0.2) is 0 Å². The normalized spacial score (nSPS) is 11.2. The number of hydrogen-bond donors (Lipinski definition) is 1. The van der Waals surface area contributed by atoms with Crippen LogP contribution in [0.25, 0.3) is 0 Å². The lowest BCUT2D eigenvalue weighted by atomic mass is 10.1. The Labute approximate surface area is 103 Å². The molecule has 0 atom stereocenters. The summed E-state index contributed by atoms with van der Waals surface area (Å²) >= 11 is 0. The summed E-state index contributed by atoms with van der Waals surface area (Å²) in [5, 5.41) is 9.58. The Balaban J connectivity index is 3.54. The predicted molar refractivity (Wildman–Crippen MR) is 61.9 cm³/mol. The lowest BCUT2D eigenvalue weighted by Crippen LogP contribution is -2.06. The molecule has 0 saturated heterocycles. The number of carbonyl (C=O) groups is 1. The van der Waals surface area contributed by atoms with E-state index in [1.54, 1.807) is 6.92 Å². The molecule has 7 heteroatoms. The second kappa shape index (κ2) is 4.93. The maximum absolute atomic E-state index is 11.3. The standard InChI is InChI=1S/C10H11ClO5S/c1-3-6-4-8(12)7(10(13)16-2)5-9(6)17(11,14)15/h4-5,12H,3H2,1-2H3. The van der Waals surface area contributed by atoms with E-state index < -0.39 is 15.0 Å². The van der Waals surface area contributed by atoms with Gasteiger partial charge in [-0.3, -0.25) is 0 Å². The number of carbonyl (C=O) groups excluding carboxylic acids is 1. The molecule has 0 heterocycles. The summed E-state index contributed by atoms with van der Waals surface area (Å²) in [7, 11) is 2.41. The number of phenolic OH excluding ortho intramolecular Hbond substituents is 1. The molecule has 0 aromatic heterocycles. The van der Waals surface area contributed by atoms with Crippen LogP contribution in [0.3, 0.4) is 0 Å². The molecule has 0 bridgehead atoms. The highest BCUT2D eigenvalue weighted by molar-refractivity contribution is 8.13. The molecule has 0 fully saturated rings. The summed E-state index contributed by atoms with van der Waals surface area (Å²) in [5.41, 5.74) is 0.106. The summed E-state index contributed by atoms with van der Waals surface area (Å²) < 4.78 is 27.1. The minimum atomic E-state index is -3.97. The third-order valence-corrected chi connectivity index (χ3v) is 3.63. The summed E-state index contributed by atoms with van der Waals surface area (Å²) in [6, 6.07) is 2.21. The van der Waals surface area contributed by atoms with Gasteiger partial charge >= 0.3 is 5.97 Å². The van der Waals surface area contributed by atoms with Gasteiger partial charge in [-0.2, -0.15) is 0 Å². The Morgan fingerprint density at radius 3 is 2.47 bits per heavy atom. The molecule has 0 spiro atoms. The first-order valence-corrected chi connectivity index (χ1v) is 7.01. The van der Waals surface area contributed by atoms with Crippen LogP contribution in [0, 0.1) is 0 Å². The van der Waals surface area contributed by atoms with Gasteiger partial charge in [-0.05, 0) is 24.1 Å². The largest absolute Gasteiger partial charge is 0.507 e. The van der Waals surface area contributed by atoms with Crippen molar-refractivity contribution < 1.29 is 23.1 Å². The molecule has 0 aliphatic heterocycles. The average molecular weight is 279 g/mol. The van der Waals surface area contributed by atoms with Gasteiger partial charge in [-0.15, -0.1) is 0 Å². The summed E-state index contributed by atoms with van der Waals surface area (Å²) in [4.78, 5) is 11.1. The molecule has 94 valence electrons. The fourth-order valence-electron chi connectivity index (χ4n) is 1.39. The summed E-state index contributed by atoms with van der Waals surface area (Å²) in [5.74, 6) is -1.16. The predicted octanol–water partition coefficient (Wildman–Crippen LogP) is 1.67. The number of rotatable bonds is 3. The molecule has 17 heavy (non-hydrogen) atoms. The van der Waals surface area contributed by atoms with Crippen molar-refractivity contribution in [3.8, 4) is 5.75 Å². The van der Waals surface area contributed by atoms with Crippen molar-refractivity contribution in [3.63, 3.8) is 0 Å². The molecule has 0 radical (unpaired) electrons. The van der Waals surface area contributed by atoms with Gasteiger partial charge in [0.25, 0.3) is 9.05 Å². The topological polar surface area (TPSA) is 80.7 Å². The second-order valence-electron chi connectivity index (χ2n) is 3.26. The van der Waals surface area contributed by atoms with Crippen molar-refractivity contribution in [1.29, 1.82) is 0 Å². The van der Waals surface area contributed by atoms with Crippen LogP contribution in [0.5, 0.6) is 5.75 Å². The Kier molecular flexibility index (Phi) is 4.00. The van der Waals surface area contributed by atoms with Crippen molar-refractivity contribution >= 4 is 25.7 Å². The molecule has 1 aromatic carbocycles.